The van der Waals surface area contributed by atoms with E-state index in [0.29, 0.717) is 0 Å². The molecule has 0 spiro atoms. The Morgan fingerprint density at radius 2 is 0.694 bits per heavy atom. The van der Waals surface area contributed by atoms with Gasteiger partial charge in [0.25, 0.3) is 0 Å². The van der Waals surface area contributed by atoms with Crippen LogP contribution in [0.3, 0.4) is 0 Å². The smallest absolute Gasteiger partial charge is 0.170 e. The van der Waals surface area contributed by atoms with Crippen molar-refractivity contribution in [1.82, 2.24) is 0 Å². The van der Waals surface area contributed by atoms with Crippen molar-refractivity contribution in [2.24, 2.45) is 17.8 Å². The molecular weight excluding hydrogens is 642 g/mol. The van der Waals surface area contributed by atoms with Gasteiger partial charge in [-0.25, -0.2) is 13.2 Å². The highest BCUT2D eigenvalue weighted by Crippen LogP contribution is 2.46. The maximum absolute atomic E-state index is 15.6. The molecule has 3 saturated carbocycles. The minimum absolute atomic E-state index is 0.220. The van der Waals surface area contributed by atoms with Gasteiger partial charge in [-0.3, -0.25) is 0 Å². The summed E-state index contributed by atoms with van der Waals surface area (Å²) in [5.41, 5.74) is -1.28. The van der Waals surface area contributed by atoms with Gasteiger partial charge >= 0.3 is 0 Å². The first kappa shape index (κ1) is 36.0. The average molecular weight is 696 g/mol. The lowest BCUT2D eigenvalue weighted by Crippen LogP contribution is -2.39. The van der Waals surface area contributed by atoms with Crippen LogP contribution in [0.1, 0.15) is 119 Å². The van der Waals surface area contributed by atoms with E-state index < -0.39 is 45.1 Å². The molecule has 0 aromatic heterocycles. The maximum atomic E-state index is 15.6. The predicted octanol–water partition coefficient (Wildman–Crippen LogP) is 12.2. The van der Waals surface area contributed by atoms with E-state index in [1.54, 1.807) is 36.4 Å². The Morgan fingerprint density at radius 1 is 0.449 bits per heavy atom. The summed E-state index contributed by atoms with van der Waals surface area (Å²) in [6.45, 7) is 12.8. The average Bonchev–Trinajstić information content (AvgIpc) is 3.85. The number of hydrogen-bond donors (Lipinski definition) is 0. The van der Waals surface area contributed by atoms with Crippen LogP contribution in [0.5, 0.6) is 17.2 Å². The van der Waals surface area contributed by atoms with E-state index in [1.165, 1.54) is 18.2 Å². The van der Waals surface area contributed by atoms with Crippen LogP contribution in [0.4, 0.5) is 13.2 Å². The quantitative estimate of drug-likeness (QED) is 0.177. The van der Waals surface area contributed by atoms with E-state index in [1.807, 2.05) is 0 Å². The van der Waals surface area contributed by atoms with Gasteiger partial charge in [-0.05, 0) is 131 Å². The molecule has 0 atom stereocenters. The summed E-state index contributed by atoms with van der Waals surface area (Å²) in [5, 5.41) is 0. The highest BCUT2D eigenvalue weighted by molar-refractivity contribution is 7.97. The Bertz CT molecular complexity index is 1410. The van der Waals surface area contributed by atoms with Crippen molar-refractivity contribution in [3.05, 3.63) is 72.0 Å². The zero-order valence-corrected chi connectivity index (χ0v) is 31.0. The van der Waals surface area contributed by atoms with E-state index in [-0.39, 0.29) is 35.0 Å². The molecule has 0 amide bonds. The fraction of sp³-hybridized carbons (Fsp3) is 0.571. The van der Waals surface area contributed by atoms with E-state index in [0.717, 1.165) is 91.7 Å². The Hall–Kier alpha value is -2.80. The second-order valence-corrected chi connectivity index (χ2v) is 17.7. The Balaban J connectivity index is 1.46. The third-order valence-corrected chi connectivity index (χ3v) is 14.0. The molecule has 0 unspecified atom stereocenters. The lowest BCUT2D eigenvalue weighted by atomic mass is 9.88. The molecule has 49 heavy (non-hydrogen) atoms. The highest BCUT2D eigenvalue weighted by Gasteiger charge is 2.43. The number of ether oxygens (including phenoxy) is 3. The molecule has 0 bridgehead atoms. The zero-order valence-electron chi connectivity index (χ0n) is 30.2. The summed E-state index contributed by atoms with van der Waals surface area (Å²) >= 11 is 0. The molecule has 3 fully saturated rings. The molecule has 7 heteroatoms. The van der Waals surface area contributed by atoms with E-state index in [4.69, 9.17) is 14.2 Å². The first-order valence-corrected chi connectivity index (χ1v) is 19.8. The largest absolute Gasteiger partial charge is 0.484 e. The fourth-order valence-corrected chi connectivity index (χ4v) is 10.5. The third-order valence-electron chi connectivity index (χ3n) is 11.9. The van der Waals surface area contributed by atoms with Crippen molar-refractivity contribution in [3.8, 4) is 17.2 Å². The molecule has 3 aromatic carbocycles. The number of hydrogen-bond acceptors (Lipinski definition) is 3. The second kappa shape index (κ2) is 14.4. The predicted molar refractivity (Wildman–Crippen MR) is 191 cm³/mol. The minimum Gasteiger partial charge on any atom is -0.484 e. The van der Waals surface area contributed by atoms with E-state index in [2.05, 4.69) is 41.5 Å². The van der Waals surface area contributed by atoms with Crippen molar-refractivity contribution < 1.29 is 27.4 Å². The number of benzene rings is 3. The topological polar surface area (TPSA) is 27.7 Å². The molecule has 0 aliphatic heterocycles. The van der Waals surface area contributed by atoms with E-state index >= 15 is 13.2 Å². The lowest BCUT2D eigenvalue weighted by molar-refractivity contribution is 0.0249. The van der Waals surface area contributed by atoms with Crippen molar-refractivity contribution in [2.75, 3.05) is 0 Å². The van der Waals surface area contributed by atoms with Gasteiger partial charge in [-0.15, -0.1) is 0 Å². The van der Waals surface area contributed by atoms with Crippen LogP contribution in [0.15, 0.2) is 69.3 Å². The maximum Gasteiger partial charge on any atom is 0.170 e. The molecule has 0 saturated heterocycles. The van der Waals surface area contributed by atoms with Crippen LogP contribution in [0, 0.1) is 35.2 Å². The molecule has 3 aliphatic rings. The van der Waals surface area contributed by atoms with Gasteiger partial charge < -0.3 is 14.2 Å². The van der Waals surface area contributed by atoms with Crippen LogP contribution < -0.4 is 14.2 Å². The first-order chi connectivity index (χ1) is 23.4. The third kappa shape index (κ3) is 7.21. The monoisotopic (exact) mass is 695 g/mol. The molecule has 3 aliphatic carbocycles. The first-order valence-electron chi connectivity index (χ1n) is 18.6. The van der Waals surface area contributed by atoms with Gasteiger partial charge in [0.15, 0.2) is 49.4 Å². The van der Waals surface area contributed by atoms with Crippen molar-refractivity contribution in [3.63, 3.8) is 0 Å². The molecule has 0 heterocycles. The Kier molecular flexibility index (Phi) is 10.6. The SMILES string of the molecule is CC(C)C1(Oc2cc([S+](c3ccc(F)c(OC4(C(C)C)CCCC4)c3)c3ccc(F)c(OC4(C(C)C)CCCC4)c3)ccc2F)CCCC1. The molecular formula is C42H54F3O3S+. The van der Waals surface area contributed by atoms with Crippen LogP contribution in [-0.4, -0.2) is 16.8 Å². The lowest BCUT2D eigenvalue weighted by Gasteiger charge is -2.34. The van der Waals surface area contributed by atoms with E-state index in [9.17, 15) is 0 Å². The van der Waals surface area contributed by atoms with Crippen molar-refractivity contribution >= 4 is 10.9 Å². The molecule has 6 rings (SSSR count). The molecule has 3 nitrogen and oxygen atoms in total. The summed E-state index contributed by atoms with van der Waals surface area (Å²) in [4.78, 5) is 2.38. The van der Waals surface area contributed by atoms with Gasteiger partial charge in [0, 0.05) is 18.2 Å². The van der Waals surface area contributed by atoms with Gasteiger partial charge in [-0.2, -0.15) is 0 Å². The summed E-state index contributed by atoms with van der Waals surface area (Å²) in [7, 11) is -0.892. The Labute approximate surface area is 294 Å². The van der Waals surface area contributed by atoms with Gasteiger partial charge in [0.1, 0.15) is 16.8 Å². The number of rotatable bonds is 12. The normalized spacial score (nSPS) is 19.8. The molecule has 3 aromatic rings. The van der Waals surface area contributed by atoms with Crippen LogP contribution in [-0.2, 0) is 10.9 Å². The van der Waals surface area contributed by atoms with Gasteiger partial charge in [0.05, 0.1) is 10.9 Å². The molecule has 0 N–H and O–H groups in total. The standard InChI is InChI=1S/C42H54F3O3S/c1-28(2)40(19-7-8-20-40)46-37-25-31(13-16-34(37)43)49(32-14-17-35(44)38(26-32)47-41(29(3)4)21-9-10-22-41)33-15-18-36(45)39(27-33)48-42(30(5)6)23-11-12-24-42/h13-18,25-30H,7-12,19-24H2,1-6H3/q+1. The Morgan fingerprint density at radius 3 is 0.918 bits per heavy atom. The van der Waals surface area contributed by atoms with Crippen LogP contribution >= 0.6 is 0 Å². The summed E-state index contributed by atoms with van der Waals surface area (Å²) in [6, 6.07) is 15.1. The zero-order chi connectivity index (χ0) is 35.0. The summed E-state index contributed by atoms with van der Waals surface area (Å²) in [5.74, 6) is 0.0848. The molecule has 266 valence electrons. The van der Waals surface area contributed by atoms with Crippen LogP contribution in [0.2, 0.25) is 0 Å². The van der Waals surface area contributed by atoms with Crippen molar-refractivity contribution in [1.29, 1.82) is 0 Å². The highest BCUT2D eigenvalue weighted by atomic mass is 32.2. The summed E-state index contributed by atoms with van der Waals surface area (Å²) in [6.07, 6.45) is 11.6. The second-order valence-electron chi connectivity index (χ2n) is 15.7. The van der Waals surface area contributed by atoms with Crippen molar-refractivity contribution in [2.45, 2.75) is 150 Å². The van der Waals surface area contributed by atoms with Gasteiger partial charge in [0.2, 0.25) is 0 Å². The minimum atomic E-state index is -0.892. The fourth-order valence-electron chi connectivity index (χ4n) is 8.44. The molecule has 0 radical (unpaired) electrons. The number of halogens is 3. The summed E-state index contributed by atoms with van der Waals surface area (Å²) < 4.78 is 66.6. The van der Waals surface area contributed by atoms with Gasteiger partial charge in [-0.1, -0.05) is 41.5 Å². The van der Waals surface area contributed by atoms with Crippen LogP contribution in [0.25, 0.3) is 0 Å².